The SMILES string of the molecule is CCCCCNC(=O)C(C)Oc1ccc(Cl)cc1C(=O)O. The van der Waals surface area contributed by atoms with Crippen molar-refractivity contribution in [2.45, 2.75) is 39.2 Å². The Morgan fingerprint density at radius 1 is 1.38 bits per heavy atom. The Kier molecular flexibility index (Phi) is 7.02. The van der Waals surface area contributed by atoms with Crippen LogP contribution in [0.1, 0.15) is 43.5 Å². The summed E-state index contributed by atoms with van der Waals surface area (Å²) in [6.45, 7) is 4.25. The molecule has 2 N–H and O–H groups in total. The number of carboxylic acids is 1. The van der Waals surface area contributed by atoms with Crippen molar-refractivity contribution in [2.75, 3.05) is 6.54 Å². The van der Waals surface area contributed by atoms with Gasteiger partial charge in [-0.3, -0.25) is 4.79 Å². The number of halogens is 1. The number of hydrogen-bond acceptors (Lipinski definition) is 3. The van der Waals surface area contributed by atoms with Crippen molar-refractivity contribution in [1.82, 2.24) is 5.32 Å². The van der Waals surface area contributed by atoms with E-state index in [1.54, 1.807) is 6.92 Å². The molecule has 1 aromatic carbocycles. The first-order chi connectivity index (χ1) is 9.95. The highest BCUT2D eigenvalue weighted by molar-refractivity contribution is 6.31. The summed E-state index contributed by atoms with van der Waals surface area (Å²) in [6, 6.07) is 4.27. The van der Waals surface area contributed by atoms with Crippen LogP contribution in [-0.2, 0) is 4.79 Å². The van der Waals surface area contributed by atoms with Gasteiger partial charge in [0.05, 0.1) is 0 Å². The number of ether oxygens (including phenoxy) is 1. The lowest BCUT2D eigenvalue weighted by atomic mass is 10.2. The Balaban J connectivity index is 2.63. The highest BCUT2D eigenvalue weighted by atomic mass is 35.5. The molecular formula is C15H20ClNO4. The van der Waals surface area contributed by atoms with Gasteiger partial charge < -0.3 is 15.2 Å². The van der Waals surface area contributed by atoms with E-state index in [4.69, 9.17) is 21.4 Å². The first-order valence-corrected chi connectivity index (χ1v) is 7.30. The second-order valence-corrected chi connectivity index (χ2v) is 5.14. The van der Waals surface area contributed by atoms with E-state index in [9.17, 15) is 9.59 Å². The van der Waals surface area contributed by atoms with Crippen molar-refractivity contribution in [2.24, 2.45) is 0 Å². The van der Waals surface area contributed by atoms with Crippen LogP contribution in [0.2, 0.25) is 5.02 Å². The summed E-state index contributed by atoms with van der Waals surface area (Å²) in [5.74, 6) is -1.29. The van der Waals surface area contributed by atoms with Crippen LogP contribution in [-0.4, -0.2) is 29.6 Å². The summed E-state index contributed by atoms with van der Waals surface area (Å²) in [7, 11) is 0. The predicted molar refractivity (Wildman–Crippen MR) is 81.0 cm³/mol. The topological polar surface area (TPSA) is 75.6 Å². The fraction of sp³-hybridized carbons (Fsp3) is 0.467. The molecule has 0 radical (unpaired) electrons. The van der Waals surface area contributed by atoms with Crippen LogP contribution in [0.15, 0.2) is 18.2 Å². The van der Waals surface area contributed by atoms with Crippen LogP contribution in [0, 0.1) is 0 Å². The Bertz CT molecular complexity index is 504. The monoisotopic (exact) mass is 313 g/mol. The minimum absolute atomic E-state index is 0.0619. The maximum atomic E-state index is 11.8. The first kappa shape index (κ1) is 17.3. The van der Waals surface area contributed by atoms with Gasteiger partial charge in [-0.2, -0.15) is 0 Å². The van der Waals surface area contributed by atoms with E-state index in [0.29, 0.717) is 11.6 Å². The lowest BCUT2D eigenvalue weighted by molar-refractivity contribution is -0.127. The van der Waals surface area contributed by atoms with E-state index < -0.39 is 12.1 Å². The van der Waals surface area contributed by atoms with E-state index in [2.05, 4.69) is 12.2 Å². The maximum Gasteiger partial charge on any atom is 0.339 e. The van der Waals surface area contributed by atoms with Gasteiger partial charge in [-0.25, -0.2) is 4.79 Å². The molecule has 1 rings (SSSR count). The zero-order valence-electron chi connectivity index (χ0n) is 12.2. The minimum atomic E-state index is -1.15. The van der Waals surface area contributed by atoms with Crippen LogP contribution >= 0.6 is 11.6 Å². The van der Waals surface area contributed by atoms with Crippen molar-refractivity contribution in [3.63, 3.8) is 0 Å². The lowest BCUT2D eigenvalue weighted by Gasteiger charge is -2.16. The fourth-order valence-electron chi connectivity index (χ4n) is 1.75. The lowest BCUT2D eigenvalue weighted by Crippen LogP contribution is -2.37. The molecule has 0 heterocycles. The molecule has 0 aromatic heterocycles. The average molecular weight is 314 g/mol. The van der Waals surface area contributed by atoms with Crippen molar-refractivity contribution in [3.05, 3.63) is 28.8 Å². The average Bonchev–Trinajstić information content (AvgIpc) is 2.44. The minimum Gasteiger partial charge on any atom is -0.480 e. The summed E-state index contributed by atoms with van der Waals surface area (Å²) in [4.78, 5) is 23.0. The molecule has 5 nitrogen and oxygen atoms in total. The van der Waals surface area contributed by atoms with Crippen molar-refractivity contribution in [3.8, 4) is 5.75 Å². The smallest absolute Gasteiger partial charge is 0.339 e. The Morgan fingerprint density at radius 3 is 2.71 bits per heavy atom. The quantitative estimate of drug-likeness (QED) is 0.723. The van der Waals surface area contributed by atoms with Crippen molar-refractivity contribution < 1.29 is 19.4 Å². The number of rotatable bonds is 8. The summed E-state index contributed by atoms with van der Waals surface area (Å²) >= 11 is 5.76. The number of benzene rings is 1. The number of nitrogens with one attached hydrogen (secondary N) is 1. The summed E-state index contributed by atoms with van der Waals surface area (Å²) < 4.78 is 5.43. The van der Waals surface area contributed by atoms with Crippen LogP contribution in [0.4, 0.5) is 0 Å². The van der Waals surface area contributed by atoms with Crippen molar-refractivity contribution >= 4 is 23.5 Å². The molecule has 1 aromatic rings. The third kappa shape index (κ3) is 5.63. The maximum absolute atomic E-state index is 11.8. The zero-order chi connectivity index (χ0) is 15.8. The molecule has 6 heteroatoms. The molecule has 0 aliphatic rings. The molecular weight excluding hydrogens is 294 g/mol. The van der Waals surface area contributed by atoms with Gasteiger partial charge in [-0.15, -0.1) is 0 Å². The number of aromatic carboxylic acids is 1. The second kappa shape index (κ2) is 8.52. The number of carbonyl (C=O) groups excluding carboxylic acids is 1. The normalized spacial score (nSPS) is 11.8. The highest BCUT2D eigenvalue weighted by Crippen LogP contribution is 2.24. The molecule has 1 unspecified atom stereocenters. The first-order valence-electron chi connectivity index (χ1n) is 6.93. The Labute approximate surface area is 129 Å². The van der Waals surface area contributed by atoms with E-state index in [-0.39, 0.29) is 17.2 Å². The highest BCUT2D eigenvalue weighted by Gasteiger charge is 2.18. The van der Waals surface area contributed by atoms with Crippen LogP contribution in [0.25, 0.3) is 0 Å². The Morgan fingerprint density at radius 2 is 2.10 bits per heavy atom. The number of unbranched alkanes of at least 4 members (excludes halogenated alkanes) is 2. The number of carboxylic acid groups (broad SMARTS) is 1. The van der Waals surface area contributed by atoms with Gasteiger partial charge in [0, 0.05) is 11.6 Å². The third-order valence-electron chi connectivity index (χ3n) is 2.92. The molecule has 0 aliphatic carbocycles. The Hall–Kier alpha value is -1.75. The molecule has 0 bridgehead atoms. The van der Waals surface area contributed by atoms with E-state index in [0.717, 1.165) is 19.3 Å². The van der Waals surface area contributed by atoms with Gasteiger partial charge in [-0.1, -0.05) is 31.4 Å². The van der Waals surface area contributed by atoms with Gasteiger partial charge in [0.2, 0.25) is 0 Å². The van der Waals surface area contributed by atoms with Gasteiger partial charge in [0.15, 0.2) is 6.10 Å². The molecule has 0 saturated heterocycles. The molecule has 1 amide bonds. The molecule has 0 saturated carbocycles. The standard InChI is InChI=1S/C15H20ClNO4/c1-3-4-5-8-17-14(18)10(2)21-13-7-6-11(16)9-12(13)15(19)20/h6-7,9-10H,3-5,8H2,1-2H3,(H,17,18)(H,19,20). The summed E-state index contributed by atoms with van der Waals surface area (Å²) in [5.41, 5.74) is -0.0619. The van der Waals surface area contributed by atoms with Gasteiger partial charge in [0.1, 0.15) is 11.3 Å². The van der Waals surface area contributed by atoms with E-state index in [1.165, 1.54) is 18.2 Å². The summed E-state index contributed by atoms with van der Waals surface area (Å²) in [6.07, 6.45) is 2.27. The van der Waals surface area contributed by atoms with Gasteiger partial charge in [0.25, 0.3) is 5.91 Å². The molecule has 21 heavy (non-hydrogen) atoms. The third-order valence-corrected chi connectivity index (χ3v) is 3.16. The van der Waals surface area contributed by atoms with E-state index >= 15 is 0 Å². The van der Waals surface area contributed by atoms with Crippen LogP contribution in [0.5, 0.6) is 5.75 Å². The zero-order valence-corrected chi connectivity index (χ0v) is 12.9. The summed E-state index contributed by atoms with van der Waals surface area (Å²) in [5, 5.41) is 12.2. The number of hydrogen-bond donors (Lipinski definition) is 2. The molecule has 0 aliphatic heterocycles. The molecule has 0 spiro atoms. The number of amides is 1. The van der Waals surface area contributed by atoms with Crippen molar-refractivity contribution in [1.29, 1.82) is 0 Å². The number of carbonyl (C=O) groups is 2. The fourth-order valence-corrected chi connectivity index (χ4v) is 1.92. The second-order valence-electron chi connectivity index (χ2n) is 4.70. The van der Waals surface area contributed by atoms with E-state index in [1.807, 2.05) is 0 Å². The van der Waals surface area contributed by atoms with Crippen LogP contribution < -0.4 is 10.1 Å². The van der Waals surface area contributed by atoms with Gasteiger partial charge >= 0.3 is 5.97 Å². The molecule has 1 atom stereocenters. The van der Waals surface area contributed by atoms with Gasteiger partial charge in [-0.05, 0) is 31.5 Å². The predicted octanol–water partition coefficient (Wildman–Crippen LogP) is 3.11. The van der Waals surface area contributed by atoms with Crippen LogP contribution in [0.3, 0.4) is 0 Å². The molecule has 116 valence electrons. The largest absolute Gasteiger partial charge is 0.480 e. The molecule has 0 fully saturated rings.